The van der Waals surface area contributed by atoms with Crippen LogP contribution < -0.4 is 10.5 Å². The first-order valence-corrected chi connectivity index (χ1v) is 7.96. The molecule has 0 unspecified atom stereocenters. The van der Waals surface area contributed by atoms with Gasteiger partial charge < -0.3 is 10.7 Å². The number of rotatable bonds is 6. The molecular weight excluding hydrogens is 319 g/mol. The van der Waals surface area contributed by atoms with Gasteiger partial charge in [-0.1, -0.05) is 11.6 Å². The van der Waals surface area contributed by atoms with Crippen LogP contribution in [0.15, 0.2) is 29.4 Å². The van der Waals surface area contributed by atoms with Crippen LogP contribution in [0.5, 0.6) is 0 Å². The smallest absolute Gasteiger partial charge is 0.243 e. The highest BCUT2D eigenvalue weighted by Gasteiger charge is 2.21. The maximum absolute atomic E-state index is 14.1. The molecule has 1 aromatic heterocycles. The predicted octanol–water partition coefficient (Wildman–Crippen LogP) is 1.18. The lowest BCUT2D eigenvalue weighted by Crippen LogP contribution is -2.27. The van der Waals surface area contributed by atoms with Crippen LogP contribution in [0.25, 0.3) is 0 Å². The number of sulfonamides is 1. The lowest BCUT2D eigenvalue weighted by Gasteiger charge is -2.10. The molecule has 1 aromatic carbocycles. The van der Waals surface area contributed by atoms with Crippen molar-refractivity contribution in [2.75, 3.05) is 6.54 Å². The first-order valence-electron chi connectivity index (χ1n) is 6.10. The van der Waals surface area contributed by atoms with E-state index in [1.165, 1.54) is 6.07 Å². The van der Waals surface area contributed by atoms with Crippen molar-refractivity contribution in [1.82, 2.24) is 14.7 Å². The van der Waals surface area contributed by atoms with Crippen LogP contribution >= 0.6 is 11.6 Å². The van der Waals surface area contributed by atoms with Gasteiger partial charge in [0.15, 0.2) is 0 Å². The molecule has 1 heterocycles. The highest BCUT2D eigenvalue weighted by Crippen LogP contribution is 2.23. The fourth-order valence-corrected chi connectivity index (χ4v) is 3.26. The third kappa shape index (κ3) is 3.79. The largest absolute Gasteiger partial charge is 0.349 e. The molecule has 0 saturated heterocycles. The summed E-state index contributed by atoms with van der Waals surface area (Å²) in [6.07, 6.45) is 3.56. The molecule has 2 rings (SSSR count). The van der Waals surface area contributed by atoms with Gasteiger partial charge in [-0.05, 0) is 12.1 Å². The van der Waals surface area contributed by atoms with Gasteiger partial charge in [0.05, 0.1) is 0 Å². The molecule has 0 aliphatic carbocycles. The van der Waals surface area contributed by atoms with E-state index in [0.29, 0.717) is 12.2 Å². The molecule has 4 N–H and O–H groups in total. The Morgan fingerprint density at radius 1 is 1.43 bits per heavy atom. The summed E-state index contributed by atoms with van der Waals surface area (Å²) in [6, 6.07) is 2.37. The minimum Gasteiger partial charge on any atom is -0.349 e. The summed E-state index contributed by atoms with van der Waals surface area (Å²) in [6.45, 7) is -0.0545. The normalized spacial score (nSPS) is 11.8. The molecule has 114 valence electrons. The molecule has 0 amide bonds. The number of aromatic nitrogens is 2. The van der Waals surface area contributed by atoms with E-state index in [2.05, 4.69) is 14.7 Å². The second kappa shape index (κ2) is 6.52. The van der Waals surface area contributed by atoms with Gasteiger partial charge in [0, 0.05) is 42.5 Å². The quantitative estimate of drug-likeness (QED) is 0.739. The molecule has 2 aromatic rings. The lowest BCUT2D eigenvalue weighted by atomic mass is 10.2. The van der Waals surface area contributed by atoms with E-state index < -0.39 is 20.7 Å². The number of nitrogens with zero attached hydrogens (tertiary/aromatic N) is 1. The van der Waals surface area contributed by atoms with Gasteiger partial charge in [-0.2, -0.15) is 0 Å². The number of nitrogens with one attached hydrogen (secondary N) is 2. The van der Waals surface area contributed by atoms with Crippen LogP contribution in [0.3, 0.4) is 0 Å². The Hall–Kier alpha value is -1.48. The Bertz CT molecular complexity index is 719. The van der Waals surface area contributed by atoms with E-state index in [-0.39, 0.29) is 23.7 Å². The highest BCUT2D eigenvalue weighted by molar-refractivity contribution is 7.89. The van der Waals surface area contributed by atoms with Crippen molar-refractivity contribution in [2.45, 2.75) is 17.9 Å². The van der Waals surface area contributed by atoms with Gasteiger partial charge >= 0.3 is 0 Å². The third-order valence-corrected chi connectivity index (χ3v) is 4.48. The Kier molecular flexibility index (Phi) is 4.94. The molecule has 0 saturated carbocycles. The van der Waals surface area contributed by atoms with Gasteiger partial charge in [-0.25, -0.2) is 22.5 Å². The van der Waals surface area contributed by atoms with Gasteiger partial charge in [-0.3, -0.25) is 0 Å². The summed E-state index contributed by atoms with van der Waals surface area (Å²) in [5.41, 5.74) is 5.42. The zero-order chi connectivity index (χ0) is 15.5. The summed E-state index contributed by atoms with van der Waals surface area (Å²) >= 11 is 5.79. The maximum Gasteiger partial charge on any atom is 0.243 e. The summed E-state index contributed by atoms with van der Waals surface area (Å²) in [7, 11) is -4.01. The zero-order valence-corrected chi connectivity index (χ0v) is 12.5. The molecule has 0 fully saturated rings. The van der Waals surface area contributed by atoms with E-state index in [1.54, 1.807) is 12.4 Å². The fraction of sp³-hybridized carbons (Fsp3) is 0.250. The second-order valence-corrected chi connectivity index (χ2v) is 6.44. The molecule has 0 atom stereocenters. The van der Waals surface area contributed by atoms with Crippen molar-refractivity contribution in [3.8, 4) is 0 Å². The molecular formula is C12H14ClFN4O2S. The van der Waals surface area contributed by atoms with Gasteiger partial charge in [0.1, 0.15) is 16.5 Å². The van der Waals surface area contributed by atoms with Crippen molar-refractivity contribution in [2.24, 2.45) is 5.73 Å². The lowest BCUT2D eigenvalue weighted by molar-refractivity contribution is 0.549. The number of hydrogen-bond donors (Lipinski definition) is 3. The number of H-pyrrole nitrogens is 1. The average molecular weight is 333 g/mol. The molecule has 0 radical (unpaired) electrons. The average Bonchev–Trinajstić information content (AvgIpc) is 2.93. The van der Waals surface area contributed by atoms with Crippen LogP contribution in [0.4, 0.5) is 4.39 Å². The Labute approximate surface area is 126 Å². The van der Waals surface area contributed by atoms with E-state index in [1.807, 2.05) is 0 Å². The minimum absolute atomic E-state index is 0.0499. The number of aromatic amines is 1. The van der Waals surface area contributed by atoms with Crippen molar-refractivity contribution in [3.63, 3.8) is 0 Å². The summed E-state index contributed by atoms with van der Waals surface area (Å²) in [5, 5.41) is 0.114. The first-order chi connectivity index (χ1) is 9.94. The third-order valence-electron chi connectivity index (χ3n) is 2.80. The molecule has 0 bridgehead atoms. The summed E-state index contributed by atoms with van der Waals surface area (Å²) in [4.78, 5) is 6.31. The maximum atomic E-state index is 14.1. The predicted molar refractivity (Wildman–Crippen MR) is 76.8 cm³/mol. The second-order valence-electron chi connectivity index (χ2n) is 4.26. The molecule has 0 aliphatic heterocycles. The molecule has 9 heteroatoms. The fourth-order valence-electron chi connectivity index (χ4n) is 1.78. The number of nitrogens with two attached hydrogens (primary N) is 1. The highest BCUT2D eigenvalue weighted by atomic mass is 35.5. The van der Waals surface area contributed by atoms with Gasteiger partial charge in [-0.15, -0.1) is 0 Å². The van der Waals surface area contributed by atoms with E-state index in [9.17, 15) is 12.8 Å². The molecule has 21 heavy (non-hydrogen) atoms. The first kappa shape index (κ1) is 15.9. The number of halogens is 2. The zero-order valence-electron chi connectivity index (χ0n) is 10.9. The molecule has 0 spiro atoms. The Morgan fingerprint density at radius 3 is 2.81 bits per heavy atom. The molecule has 6 nitrogen and oxygen atoms in total. The monoisotopic (exact) mass is 332 g/mol. The topological polar surface area (TPSA) is 101 Å². The van der Waals surface area contributed by atoms with Crippen molar-refractivity contribution < 1.29 is 12.8 Å². The number of imidazole rings is 1. The molecule has 0 aliphatic rings. The van der Waals surface area contributed by atoms with Crippen molar-refractivity contribution in [1.29, 1.82) is 0 Å². The van der Waals surface area contributed by atoms with E-state index >= 15 is 0 Å². The standard InChI is InChI=1S/C12H14ClFN4O2S/c13-9-5-8(7-15)12(14)10(6-9)21(19,20)18-2-1-11-16-3-4-17-11/h3-6,18H,1-2,7,15H2,(H,16,17). The van der Waals surface area contributed by atoms with E-state index in [0.717, 1.165) is 6.07 Å². The van der Waals surface area contributed by atoms with Crippen LogP contribution in [0, 0.1) is 5.82 Å². The van der Waals surface area contributed by atoms with Crippen LogP contribution in [0.2, 0.25) is 5.02 Å². The van der Waals surface area contributed by atoms with Crippen LogP contribution in [-0.4, -0.2) is 24.9 Å². The van der Waals surface area contributed by atoms with Gasteiger partial charge in [0.25, 0.3) is 0 Å². The van der Waals surface area contributed by atoms with Crippen molar-refractivity contribution >= 4 is 21.6 Å². The number of hydrogen-bond acceptors (Lipinski definition) is 4. The number of benzene rings is 1. The summed E-state index contributed by atoms with van der Waals surface area (Å²) in [5.74, 6) is -0.251. The Morgan fingerprint density at radius 2 is 2.19 bits per heavy atom. The van der Waals surface area contributed by atoms with Crippen LogP contribution in [0.1, 0.15) is 11.4 Å². The van der Waals surface area contributed by atoms with Crippen LogP contribution in [-0.2, 0) is 23.0 Å². The SMILES string of the molecule is NCc1cc(Cl)cc(S(=O)(=O)NCCc2ncc[nH]2)c1F. The minimum atomic E-state index is -4.01. The summed E-state index contributed by atoms with van der Waals surface area (Å²) < 4.78 is 40.6. The van der Waals surface area contributed by atoms with Crippen molar-refractivity contribution in [3.05, 3.63) is 46.8 Å². The van der Waals surface area contributed by atoms with E-state index in [4.69, 9.17) is 17.3 Å². The van der Waals surface area contributed by atoms with Gasteiger partial charge in [0.2, 0.25) is 10.0 Å². The Balaban J connectivity index is 2.17.